The smallest absolute Gasteiger partial charge is 0.276 e. The molecule has 1 saturated heterocycles. The standard InChI is InChI=1S/C22H26N4O4S/c1-16-5-4-8-19(13-16)25-9-11-26(12-10-25)31(27,28)20-14-18(15-29-20)22-24-23-21(30-22)17-6-2-3-7-17/h4-5,8,13-15,17H,2-3,6-7,9-12H2,1H3. The molecule has 0 radical (unpaired) electrons. The Hall–Kier alpha value is -2.65. The van der Waals surface area contributed by atoms with Crippen LogP contribution in [0.25, 0.3) is 11.5 Å². The van der Waals surface area contributed by atoms with E-state index in [9.17, 15) is 8.42 Å². The molecule has 0 amide bonds. The van der Waals surface area contributed by atoms with Crippen LogP contribution in [0.15, 0.2) is 50.5 Å². The van der Waals surface area contributed by atoms with Gasteiger partial charge in [0.15, 0.2) is 0 Å². The van der Waals surface area contributed by atoms with Gasteiger partial charge in [-0.25, -0.2) is 8.42 Å². The molecule has 1 aliphatic carbocycles. The van der Waals surface area contributed by atoms with E-state index >= 15 is 0 Å². The van der Waals surface area contributed by atoms with Crippen LogP contribution in [-0.4, -0.2) is 49.1 Å². The van der Waals surface area contributed by atoms with Crippen molar-refractivity contribution < 1.29 is 17.3 Å². The van der Waals surface area contributed by atoms with E-state index in [0.717, 1.165) is 18.5 Å². The zero-order chi connectivity index (χ0) is 21.4. The largest absolute Gasteiger partial charge is 0.451 e. The van der Waals surface area contributed by atoms with Crippen LogP contribution in [0.5, 0.6) is 0 Å². The van der Waals surface area contributed by atoms with E-state index in [1.54, 1.807) is 0 Å². The van der Waals surface area contributed by atoms with Gasteiger partial charge in [0.25, 0.3) is 15.9 Å². The molecule has 0 N–H and O–H groups in total. The van der Waals surface area contributed by atoms with Gasteiger partial charge >= 0.3 is 0 Å². The highest BCUT2D eigenvalue weighted by Crippen LogP contribution is 2.35. The predicted molar refractivity (Wildman–Crippen MR) is 115 cm³/mol. The number of anilines is 1. The van der Waals surface area contributed by atoms with E-state index in [0.29, 0.717) is 49.4 Å². The minimum atomic E-state index is -3.72. The number of sulfonamides is 1. The van der Waals surface area contributed by atoms with Crippen molar-refractivity contribution in [1.29, 1.82) is 0 Å². The molecule has 3 heterocycles. The molecule has 1 aliphatic heterocycles. The molecule has 31 heavy (non-hydrogen) atoms. The second-order valence-corrected chi connectivity index (χ2v) is 10.2. The summed E-state index contributed by atoms with van der Waals surface area (Å²) in [5.41, 5.74) is 2.80. The highest BCUT2D eigenvalue weighted by molar-refractivity contribution is 7.89. The highest BCUT2D eigenvalue weighted by atomic mass is 32.2. The predicted octanol–water partition coefficient (Wildman–Crippen LogP) is 3.81. The molecule has 3 aromatic rings. The van der Waals surface area contributed by atoms with Crippen LogP contribution >= 0.6 is 0 Å². The number of aromatic nitrogens is 2. The van der Waals surface area contributed by atoms with Crippen molar-refractivity contribution >= 4 is 15.7 Å². The Kier molecular flexibility index (Phi) is 5.31. The minimum absolute atomic E-state index is 0.0906. The van der Waals surface area contributed by atoms with Gasteiger partial charge in [0.2, 0.25) is 11.0 Å². The summed E-state index contributed by atoms with van der Waals surface area (Å²) in [6, 6.07) is 9.73. The summed E-state index contributed by atoms with van der Waals surface area (Å²) in [4.78, 5) is 2.20. The summed E-state index contributed by atoms with van der Waals surface area (Å²) in [7, 11) is -3.72. The van der Waals surface area contributed by atoms with Crippen molar-refractivity contribution in [3.63, 3.8) is 0 Å². The molecule has 0 atom stereocenters. The zero-order valence-electron chi connectivity index (χ0n) is 17.5. The maximum atomic E-state index is 13.1. The lowest BCUT2D eigenvalue weighted by Gasteiger charge is -2.35. The first-order valence-corrected chi connectivity index (χ1v) is 12.2. The van der Waals surface area contributed by atoms with Crippen molar-refractivity contribution in [3.05, 3.63) is 48.0 Å². The van der Waals surface area contributed by atoms with Gasteiger partial charge in [-0.2, -0.15) is 4.31 Å². The average molecular weight is 443 g/mol. The third-order valence-electron chi connectivity index (χ3n) is 6.17. The SMILES string of the molecule is Cc1cccc(N2CCN(S(=O)(=O)c3cc(-c4nnc(C5CCCC5)o4)co3)CC2)c1. The number of rotatable bonds is 5. The molecule has 9 heteroatoms. The topological polar surface area (TPSA) is 92.7 Å². The summed E-state index contributed by atoms with van der Waals surface area (Å²) in [6.07, 6.45) is 5.84. The van der Waals surface area contributed by atoms with Crippen LogP contribution < -0.4 is 4.90 Å². The first kappa shape index (κ1) is 20.3. The fourth-order valence-corrected chi connectivity index (χ4v) is 5.74. The van der Waals surface area contributed by atoms with Crippen molar-refractivity contribution in [3.8, 4) is 11.5 Å². The minimum Gasteiger partial charge on any atom is -0.451 e. The van der Waals surface area contributed by atoms with Gasteiger partial charge in [-0.15, -0.1) is 10.2 Å². The van der Waals surface area contributed by atoms with Crippen molar-refractivity contribution in [1.82, 2.24) is 14.5 Å². The van der Waals surface area contributed by atoms with Gasteiger partial charge < -0.3 is 13.7 Å². The number of nitrogens with zero attached hydrogens (tertiary/aromatic N) is 4. The molecule has 0 bridgehead atoms. The monoisotopic (exact) mass is 442 g/mol. The van der Waals surface area contributed by atoms with Gasteiger partial charge in [-0.05, 0) is 37.5 Å². The normalized spacial score (nSPS) is 18.7. The first-order chi connectivity index (χ1) is 15.0. The van der Waals surface area contributed by atoms with Crippen molar-refractivity contribution in [2.75, 3.05) is 31.1 Å². The van der Waals surface area contributed by atoms with Crippen molar-refractivity contribution in [2.45, 2.75) is 43.6 Å². The Balaban J connectivity index is 1.28. The van der Waals surface area contributed by atoms with E-state index in [1.165, 1.54) is 35.0 Å². The molecule has 2 aromatic heterocycles. The second-order valence-electron chi connectivity index (χ2n) is 8.31. The maximum Gasteiger partial charge on any atom is 0.276 e. The van der Waals surface area contributed by atoms with Gasteiger partial charge in [0.05, 0.1) is 5.56 Å². The molecule has 2 aliphatic rings. The summed E-state index contributed by atoms with van der Waals surface area (Å²) >= 11 is 0. The maximum absolute atomic E-state index is 13.1. The van der Waals surface area contributed by atoms with Crippen LogP contribution in [0.2, 0.25) is 0 Å². The summed E-state index contributed by atoms with van der Waals surface area (Å²) < 4.78 is 38.9. The molecule has 2 fully saturated rings. The fraction of sp³-hybridized carbons (Fsp3) is 0.455. The molecule has 8 nitrogen and oxygen atoms in total. The van der Waals surface area contributed by atoms with Gasteiger partial charge in [0, 0.05) is 43.9 Å². The molecule has 5 rings (SSSR count). The fourth-order valence-electron chi connectivity index (χ4n) is 4.39. The number of hydrogen-bond donors (Lipinski definition) is 0. The molecule has 0 spiro atoms. The lowest BCUT2D eigenvalue weighted by Crippen LogP contribution is -2.48. The second kappa shape index (κ2) is 8.12. The van der Waals surface area contributed by atoms with Crippen LogP contribution in [0, 0.1) is 6.92 Å². The van der Waals surface area contributed by atoms with Gasteiger partial charge in [-0.1, -0.05) is 25.0 Å². The quantitative estimate of drug-likeness (QED) is 0.593. The Morgan fingerprint density at radius 2 is 1.81 bits per heavy atom. The molecule has 1 aromatic carbocycles. The average Bonchev–Trinajstić information content (AvgIpc) is 3.55. The number of aryl methyl sites for hydroxylation is 1. The summed E-state index contributed by atoms with van der Waals surface area (Å²) in [5, 5.41) is 8.16. The first-order valence-electron chi connectivity index (χ1n) is 10.7. The number of furan rings is 1. The Labute approximate surface area is 181 Å². The third kappa shape index (κ3) is 3.99. The van der Waals surface area contributed by atoms with E-state index < -0.39 is 10.0 Å². The number of benzene rings is 1. The van der Waals surface area contributed by atoms with E-state index in [1.807, 2.05) is 6.07 Å². The highest BCUT2D eigenvalue weighted by Gasteiger charge is 2.32. The molecule has 164 valence electrons. The van der Waals surface area contributed by atoms with Gasteiger partial charge in [0.1, 0.15) is 6.26 Å². The lowest BCUT2D eigenvalue weighted by molar-refractivity contribution is 0.362. The van der Waals surface area contributed by atoms with Crippen LogP contribution in [0.1, 0.15) is 43.1 Å². The Morgan fingerprint density at radius 3 is 2.55 bits per heavy atom. The van der Waals surface area contributed by atoms with E-state index in [-0.39, 0.29) is 5.09 Å². The molecular formula is C22H26N4O4S. The summed E-state index contributed by atoms with van der Waals surface area (Å²) in [6.45, 7) is 4.12. The molecular weight excluding hydrogens is 416 g/mol. The molecule has 1 saturated carbocycles. The van der Waals surface area contributed by atoms with Gasteiger partial charge in [-0.3, -0.25) is 0 Å². The molecule has 0 unspecified atom stereocenters. The Morgan fingerprint density at radius 1 is 1.03 bits per heavy atom. The summed E-state index contributed by atoms with van der Waals surface area (Å²) in [5.74, 6) is 1.24. The lowest BCUT2D eigenvalue weighted by atomic mass is 10.1. The van der Waals surface area contributed by atoms with Crippen LogP contribution in [-0.2, 0) is 10.0 Å². The third-order valence-corrected chi connectivity index (χ3v) is 7.93. The number of piperazine rings is 1. The van der Waals surface area contributed by atoms with Crippen LogP contribution in [0.4, 0.5) is 5.69 Å². The van der Waals surface area contributed by atoms with E-state index in [2.05, 4.69) is 40.2 Å². The van der Waals surface area contributed by atoms with Crippen molar-refractivity contribution in [2.24, 2.45) is 0 Å². The van der Waals surface area contributed by atoms with E-state index in [4.69, 9.17) is 8.83 Å². The Bertz CT molecular complexity index is 1160. The number of hydrogen-bond acceptors (Lipinski definition) is 7. The zero-order valence-corrected chi connectivity index (χ0v) is 18.3. The van der Waals surface area contributed by atoms with Crippen LogP contribution in [0.3, 0.4) is 0 Å².